The predicted octanol–water partition coefficient (Wildman–Crippen LogP) is 2.85. The third-order valence-corrected chi connectivity index (χ3v) is 2.49. The molecule has 1 aromatic carbocycles. The summed E-state index contributed by atoms with van der Waals surface area (Å²) in [6.07, 6.45) is 1.93. The van der Waals surface area contributed by atoms with Crippen molar-refractivity contribution in [3.8, 4) is 5.75 Å². The highest BCUT2D eigenvalue weighted by molar-refractivity contribution is 7.98. The molecule has 0 aliphatic rings. The molecule has 1 nitrogen and oxygen atoms in total. The summed E-state index contributed by atoms with van der Waals surface area (Å²) >= 11 is 7.10. The van der Waals surface area contributed by atoms with Gasteiger partial charge < -0.3 is 5.11 Å². The number of phenolic OH excluding ortho intramolecular Hbond substituents is 1. The minimum atomic E-state index is 0.315. The molecule has 0 fully saturated rings. The number of hydrogen-bond donors (Lipinski definition) is 1. The highest BCUT2D eigenvalue weighted by atomic mass is 35.5. The molecule has 0 saturated heterocycles. The van der Waals surface area contributed by atoms with E-state index in [1.165, 1.54) is 11.8 Å². The second kappa shape index (κ2) is 3.88. The normalized spacial score (nSPS) is 10.0. The summed E-state index contributed by atoms with van der Waals surface area (Å²) in [5.41, 5.74) is 0.946. The number of aromatic hydroxyl groups is 1. The number of benzene rings is 1. The molecule has 3 heteroatoms. The fourth-order valence-corrected chi connectivity index (χ4v) is 1.46. The molecule has 0 heterocycles. The molecular formula is C8H9ClOS. The van der Waals surface area contributed by atoms with Crippen LogP contribution in [-0.2, 0) is 5.88 Å². The Labute approximate surface area is 75.4 Å². The van der Waals surface area contributed by atoms with Crippen LogP contribution in [0.2, 0.25) is 0 Å². The van der Waals surface area contributed by atoms with Crippen LogP contribution < -0.4 is 0 Å². The molecular weight excluding hydrogens is 180 g/mol. The fraction of sp³-hybridized carbons (Fsp3) is 0.250. The number of rotatable bonds is 2. The first-order chi connectivity index (χ1) is 5.27. The van der Waals surface area contributed by atoms with Gasteiger partial charge in [-0.3, -0.25) is 0 Å². The van der Waals surface area contributed by atoms with E-state index in [1.54, 1.807) is 6.07 Å². The van der Waals surface area contributed by atoms with Crippen LogP contribution in [0, 0.1) is 0 Å². The van der Waals surface area contributed by atoms with E-state index in [9.17, 15) is 5.11 Å². The Morgan fingerprint density at radius 3 is 2.73 bits per heavy atom. The van der Waals surface area contributed by atoms with Crippen molar-refractivity contribution in [2.24, 2.45) is 0 Å². The van der Waals surface area contributed by atoms with Crippen LogP contribution in [0.15, 0.2) is 23.1 Å². The average molecular weight is 189 g/mol. The quantitative estimate of drug-likeness (QED) is 0.569. The van der Waals surface area contributed by atoms with Gasteiger partial charge in [-0.1, -0.05) is 6.07 Å². The van der Waals surface area contributed by atoms with E-state index in [0.29, 0.717) is 11.6 Å². The first-order valence-corrected chi connectivity index (χ1v) is 4.95. The summed E-state index contributed by atoms with van der Waals surface area (Å²) in [5, 5.41) is 9.34. The van der Waals surface area contributed by atoms with Crippen LogP contribution in [0.1, 0.15) is 5.56 Å². The van der Waals surface area contributed by atoms with Gasteiger partial charge in [0.2, 0.25) is 0 Å². The predicted molar refractivity (Wildman–Crippen MR) is 49.4 cm³/mol. The highest BCUT2D eigenvalue weighted by Crippen LogP contribution is 2.27. The largest absolute Gasteiger partial charge is 0.507 e. The van der Waals surface area contributed by atoms with Gasteiger partial charge in [-0.05, 0) is 24.0 Å². The van der Waals surface area contributed by atoms with Gasteiger partial charge in [0.05, 0.1) is 0 Å². The molecule has 0 atom stereocenters. The smallest absolute Gasteiger partial charge is 0.129 e. The standard InChI is InChI=1S/C8H9ClOS/c1-11-8-3-2-6(5-9)4-7(8)10/h2-4,10H,5H2,1H3. The number of halogens is 1. The Morgan fingerprint density at radius 2 is 2.27 bits per heavy atom. The molecule has 60 valence electrons. The van der Waals surface area contributed by atoms with Crippen molar-refractivity contribution < 1.29 is 5.11 Å². The van der Waals surface area contributed by atoms with E-state index in [-0.39, 0.29) is 0 Å². The fourth-order valence-electron chi connectivity index (χ4n) is 0.819. The van der Waals surface area contributed by atoms with E-state index in [0.717, 1.165) is 10.5 Å². The molecule has 1 aromatic rings. The van der Waals surface area contributed by atoms with Gasteiger partial charge in [-0.25, -0.2) is 0 Å². The van der Waals surface area contributed by atoms with Gasteiger partial charge in [0.15, 0.2) is 0 Å². The van der Waals surface area contributed by atoms with Gasteiger partial charge in [0, 0.05) is 10.8 Å². The lowest BCUT2D eigenvalue weighted by Gasteiger charge is -2.01. The van der Waals surface area contributed by atoms with Crippen LogP contribution >= 0.6 is 23.4 Å². The maximum absolute atomic E-state index is 9.34. The topological polar surface area (TPSA) is 20.2 Å². The van der Waals surface area contributed by atoms with Crippen LogP contribution in [0.3, 0.4) is 0 Å². The summed E-state index contributed by atoms with van der Waals surface area (Å²) in [4.78, 5) is 0.888. The second-order valence-electron chi connectivity index (χ2n) is 2.14. The van der Waals surface area contributed by atoms with Crippen LogP contribution in [0.5, 0.6) is 5.75 Å². The number of thioether (sulfide) groups is 1. The van der Waals surface area contributed by atoms with E-state index in [4.69, 9.17) is 11.6 Å². The lowest BCUT2D eigenvalue weighted by Crippen LogP contribution is -1.78. The minimum absolute atomic E-state index is 0.315. The van der Waals surface area contributed by atoms with Gasteiger partial charge in [0.1, 0.15) is 5.75 Å². The molecule has 0 saturated carbocycles. The third kappa shape index (κ3) is 2.04. The van der Waals surface area contributed by atoms with Crippen molar-refractivity contribution in [2.75, 3.05) is 6.26 Å². The molecule has 0 bridgehead atoms. The average Bonchev–Trinajstić information content (AvgIpc) is 2.04. The Hall–Kier alpha value is -0.340. The summed E-state index contributed by atoms with van der Waals surface area (Å²) in [7, 11) is 0. The summed E-state index contributed by atoms with van der Waals surface area (Å²) in [5.74, 6) is 0.762. The zero-order valence-corrected chi connectivity index (χ0v) is 7.75. The Bertz CT molecular complexity index is 250. The third-order valence-electron chi connectivity index (χ3n) is 1.40. The Balaban J connectivity index is 2.99. The molecule has 1 rings (SSSR count). The summed E-state index contributed by atoms with van der Waals surface area (Å²) in [6, 6.07) is 5.48. The van der Waals surface area contributed by atoms with Crippen molar-refractivity contribution in [2.45, 2.75) is 10.8 Å². The molecule has 11 heavy (non-hydrogen) atoms. The first-order valence-electron chi connectivity index (χ1n) is 3.19. The molecule has 0 radical (unpaired) electrons. The minimum Gasteiger partial charge on any atom is -0.507 e. The molecule has 0 aromatic heterocycles. The zero-order chi connectivity index (χ0) is 8.27. The van der Waals surface area contributed by atoms with E-state index in [2.05, 4.69) is 0 Å². The molecule has 0 aliphatic heterocycles. The monoisotopic (exact) mass is 188 g/mol. The van der Waals surface area contributed by atoms with Gasteiger partial charge >= 0.3 is 0 Å². The molecule has 0 spiro atoms. The zero-order valence-electron chi connectivity index (χ0n) is 6.17. The van der Waals surface area contributed by atoms with E-state index >= 15 is 0 Å². The lowest BCUT2D eigenvalue weighted by molar-refractivity contribution is 0.462. The highest BCUT2D eigenvalue weighted by Gasteiger charge is 1.99. The van der Waals surface area contributed by atoms with Crippen molar-refractivity contribution in [1.82, 2.24) is 0 Å². The van der Waals surface area contributed by atoms with Crippen LogP contribution in [-0.4, -0.2) is 11.4 Å². The SMILES string of the molecule is CSc1ccc(CCl)cc1O. The van der Waals surface area contributed by atoms with Crippen LogP contribution in [0.25, 0.3) is 0 Å². The Kier molecular flexibility index (Phi) is 3.09. The van der Waals surface area contributed by atoms with E-state index < -0.39 is 0 Å². The van der Waals surface area contributed by atoms with Gasteiger partial charge in [0.25, 0.3) is 0 Å². The Morgan fingerprint density at radius 1 is 1.55 bits per heavy atom. The molecule has 0 amide bonds. The van der Waals surface area contributed by atoms with Crippen molar-refractivity contribution in [3.05, 3.63) is 23.8 Å². The van der Waals surface area contributed by atoms with Crippen molar-refractivity contribution >= 4 is 23.4 Å². The van der Waals surface area contributed by atoms with Crippen molar-refractivity contribution in [3.63, 3.8) is 0 Å². The number of alkyl halides is 1. The maximum Gasteiger partial charge on any atom is 0.129 e. The molecule has 0 aliphatic carbocycles. The maximum atomic E-state index is 9.34. The lowest BCUT2D eigenvalue weighted by atomic mass is 10.2. The van der Waals surface area contributed by atoms with E-state index in [1.807, 2.05) is 18.4 Å². The second-order valence-corrected chi connectivity index (χ2v) is 3.26. The van der Waals surface area contributed by atoms with Crippen molar-refractivity contribution in [1.29, 1.82) is 0 Å². The number of hydrogen-bond acceptors (Lipinski definition) is 2. The first kappa shape index (κ1) is 8.75. The van der Waals surface area contributed by atoms with Gasteiger partial charge in [-0.2, -0.15) is 0 Å². The molecule has 1 N–H and O–H groups in total. The van der Waals surface area contributed by atoms with Crippen LogP contribution in [0.4, 0.5) is 0 Å². The molecule has 0 unspecified atom stereocenters. The summed E-state index contributed by atoms with van der Waals surface area (Å²) < 4.78 is 0. The number of phenols is 1. The summed E-state index contributed by atoms with van der Waals surface area (Å²) in [6.45, 7) is 0. The van der Waals surface area contributed by atoms with Gasteiger partial charge in [-0.15, -0.1) is 23.4 Å².